The molecule has 118 valence electrons. The highest BCUT2D eigenvalue weighted by Gasteiger charge is 2.04. The highest BCUT2D eigenvalue weighted by atomic mass is 32.2. The van der Waals surface area contributed by atoms with Crippen LogP contribution in [0.2, 0.25) is 0 Å². The monoisotopic (exact) mass is 326 g/mol. The maximum absolute atomic E-state index is 11.8. The first kappa shape index (κ1) is 17.0. The van der Waals surface area contributed by atoms with Crippen LogP contribution in [0.3, 0.4) is 0 Å². The summed E-state index contributed by atoms with van der Waals surface area (Å²) < 4.78 is 5.21. The van der Waals surface area contributed by atoms with Gasteiger partial charge >= 0.3 is 5.97 Å². The predicted octanol–water partition coefficient (Wildman–Crippen LogP) is 4.62. The van der Waals surface area contributed by atoms with Gasteiger partial charge in [0.25, 0.3) is 0 Å². The second-order valence-corrected chi connectivity index (χ2v) is 5.71. The van der Waals surface area contributed by atoms with E-state index in [1.54, 1.807) is 42.1 Å². The smallest absolute Gasteiger partial charge is 0.336 e. The van der Waals surface area contributed by atoms with Crippen LogP contribution in [-0.2, 0) is 4.79 Å². The molecule has 2 rings (SSSR count). The van der Waals surface area contributed by atoms with E-state index in [2.05, 4.69) is 0 Å². The fraction of sp³-hybridized carbons (Fsp3) is 0.158. The molecule has 0 aliphatic heterocycles. The van der Waals surface area contributed by atoms with Crippen LogP contribution in [0, 0.1) is 0 Å². The molecular weight excluding hydrogens is 308 g/mol. The lowest BCUT2D eigenvalue weighted by Crippen LogP contribution is -2.04. The minimum absolute atomic E-state index is 0.0662. The van der Waals surface area contributed by atoms with Gasteiger partial charge in [-0.3, -0.25) is 4.79 Å². The Labute approximate surface area is 140 Å². The normalized spacial score (nSPS) is 10.7. The van der Waals surface area contributed by atoms with E-state index < -0.39 is 5.97 Å². The highest BCUT2D eigenvalue weighted by Crippen LogP contribution is 2.16. The number of benzene rings is 2. The number of ether oxygens (including phenoxy) is 1. The Morgan fingerprint density at radius 3 is 2.26 bits per heavy atom. The van der Waals surface area contributed by atoms with Gasteiger partial charge in [-0.1, -0.05) is 19.1 Å². The summed E-state index contributed by atoms with van der Waals surface area (Å²) in [7, 11) is 0. The highest BCUT2D eigenvalue weighted by molar-refractivity contribution is 7.98. The van der Waals surface area contributed by atoms with Crippen LogP contribution < -0.4 is 4.74 Å². The van der Waals surface area contributed by atoms with Crippen LogP contribution >= 0.6 is 11.8 Å². The molecule has 0 saturated heterocycles. The summed E-state index contributed by atoms with van der Waals surface area (Å²) in [6.07, 6.45) is 5.57. The Hall–Kier alpha value is -2.33. The molecule has 0 atom stereocenters. The molecular formula is C19H18O3S. The van der Waals surface area contributed by atoms with Crippen molar-refractivity contribution >= 4 is 29.6 Å². The number of Topliss-reactive ketones (excluding diaryl/α,β-unsaturated/α-hetero) is 1. The van der Waals surface area contributed by atoms with E-state index in [1.807, 2.05) is 37.4 Å². The molecule has 0 saturated carbocycles. The zero-order valence-electron chi connectivity index (χ0n) is 13.1. The van der Waals surface area contributed by atoms with E-state index in [0.717, 1.165) is 5.56 Å². The van der Waals surface area contributed by atoms with Crippen molar-refractivity contribution in [2.24, 2.45) is 0 Å². The van der Waals surface area contributed by atoms with Gasteiger partial charge in [-0.05, 0) is 54.3 Å². The minimum atomic E-state index is -0.450. The first-order valence-corrected chi connectivity index (χ1v) is 8.52. The van der Waals surface area contributed by atoms with Gasteiger partial charge in [-0.25, -0.2) is 4.79 Å². The first-order valence-electron chi connectivity index (χ1n) is 7.29. The Kier molecular flexibility index (Phi) is 6.18. The van der Waals surface area contributed by atoms with Gasteiger partial charge in [0, 0.05) is 23.0 Å². The topological polar surface area (TPSA) is 43.4 Å². The summed E-state index contributed by atoms with van der Waals surface area (Å²) in [5.74, 6) is 0.0370. The zero-order valence-corrected chi connectivity index (χ0v) is 13.9. The molecule has 0 aliphatic carbocycles. The van der Waals surface area contributed by atoms with Gasteiger partial charge in [-0.15, -0.1) is 11.8 Å². The number of carbonyl (C=O) groups excluding carboxylic acids is 2. The van der Waals surface area contributed by atoms with Gasteiger partial charge in [-0.2, -0.15) is 0 Å². The molecule has 0 fully saturated rings. The summed E-state index contributed by atoms with van der Waals surface area (Å²) in [5.41, 5.74) is 1.56. The van der Waals surface area contributed by atoms with E-state index in [9.17, 15) is 9.59 Å². The number of ketones is 1. The molecule has 0 spiro atoms. The van der Waals surface area contributed by atoms with E-state index in [1.165, 1.54) is 11.0 Å². The van der Waals surface area contributed by atoms with Gasteiger partial charge < -0.3 is 4.74 Å². The standard InChI is InChI=1S/C19H18O3S/c1-3-18(20)15-7-9-16(10-8-15)22-19(21)13-6-14-4-11-17(23-2)12-5-14/h4-13H,3H2,1-2H3/b13-6+. The Morgan fingerprint density at radius 2 is 1.70 bits per heavy atom. The number of carbonyl (C=O) groups is 2. The molecule has 23 heavy (non-hydrogen) atoms. The largest absolute Gasteiger partial charge is 0.423 e. The lowest BCUT2D eigenvalue weighted by atomic mass is 10.1. The second-order valence-electron chi connectivity index (χ2n) is 4.83. The fourth-order valence-electron chi connectivity index (χ4n) is 1.94. The van der Waals surface area contributed by atoms with Gasteiger partial charge in [0.15, 0.2) is 5.78 Å². The summed E-state index contributed by atoms with van der Waals surface area (Å²) in [4.78, 5) is 24.5. The van der Waals surface area contributed by atoms with Crippen molar-refractivity contribution in [3.63, 3.8) is 0 Å². The fourth-order valence-corrected chi connectivity index (χ4v) is 2.35. The number of hydrogen-bond acceptors (Lipinski definition) is 4. The maximum Gasteiger partial charge on any atom is 0.336 e. The van der Waals surface area contributed by atoms with E-state index >= 15 is 0 Å². The first-order chi connectivity index (χ1) is 11.1. The van der Waals surface area contributed by atoms with E-state index in [4.69, 9.17) is 4.74 Å². The Bertz CT molecular complexity index is 700. The van der Waals surface area contributed by atoms with Gasteiger partial charge in [0.05, 0.1) is 0 Å². The van der Waals surface area contributed by atoms with Crippen molar-refractivity contribution in [1.29, 1.82) is 0 Å². The number of rotatable bonds is 6. The predicted molar refractivity (Wildman–Crippen MR) is 94.0 cm³/mol. The zero-order chi connectivity index (χ0) is 16.7. The van der Waals surface area contributed by atoms with Crippen molar-refractivity contribution in [1.82, 2.24) is 0 Å². The third kappa shape index (κ3) is 5.11. The lowest BCUT2D eigenvalue weighted by molar-refractivity contribution is -0.128. The van der Waals surface area contributed by atoms with Crippen LogP contribution in [0.4, 0.5) is 0 Å². The Balaban J connectivity index is 1.95. The number of esters is 1. The van der Waals surface area contributed by atoms with Crippen molar-refractivity contribution in [3.8, 4) is 5.75 Å². The average molecular weight is 326 g/mol. The SMILES string of the molecule is CCC(=O)c1ccc(OC(=O)/C=C/c2ccc(SC)cc2)cc1. The van der Waals surface area contributed by atoms with Crippen LogP contribution in [0.15, 0.2) is 59.5 Å². The molecule has 0 N–H and O–H groups in total. The van der Waals surface area contributed by atoms with Crippen LogP contribution in [0.1, 0.15) is 29.3 Å². The van der Waals surface area contributed by atoms with Gasteiger partial charge in [0.1, 0.15) is 5.75 Å². The van der Waals surface area contributed by atoms with E-state index in [0.29, 0.717) is 17.7 Å². The summed E-state index contributed by atoms with van der Waals surface area (Å²) in [6.45, 7) is 1.81. The molecule has 0 unspecified atom stereocenters. The average Bonchev–Trinajstić information content (AvgIpc) is 2.60. The third-order valence-corrected chi connectivity index (χ3v) is 3.99. The van der Waals surface area contributed by atoms with Crippen LogP contribution in [0.25, 0.3) is 6.08 Å². The van der Waals surface area contributed by atoms with Crippen molar-refractivity contribution < 1.29 is 14.3 Å². The third-order valence-electron chi connectivity index (χ3n) is 3.24. The van der Waals surface area contributed by atoms with Crippen molar-refractivity contribution in [2.75, 3.05) is 6.26 Å². The molecule has 0 radical (unpaired) electrons. The molecule has 2 aromatic carbocycles. The van der Waals surface area contributed by atoms with Crippen LogP contribution in [0.5, 0.6) is 5.75 Å². The molecule has 0 aliphatic rings. The molecule has 0 heterocycles. The molecule has 3 nitrogen and oxygen atoms in total. The number of thioether (sulfide) groups is 1. The summed E-state index contributed by atoms with van der Waals surface area (Å²) in [5, 5.41) is 0. The minimum Gasteiger partial charge on any atom is -0.423 e. The Morgan fingerprint density at radius 1 is 1.04 bits per heavy atom. The lowest BCUT2D eigenvalue weighted by Gasteiger charge is -2.03. The molecule has 0 aromatic heterocycles. The van der Waals surface area contributed by atoms with Gasteiger partial charge in [0.2, 0.25) is 0 Å². The molecule has 0 amide bonds. The van der Waals surface area contributed by atoms with Crippen molar-refractivity contribution in [3.05, 3.63) is 65.7 Å². The quantitative estimate of drug-likeness (QED) is 0.255. The van der Waals surface area contributed by atoms with E-state index in [-0.39, 0.29) is 5.78 Å². The number of hydrogen-bond donors (Lipinski definition) is 0. The summed E-state index contributed by atoms with van der Waals surface area (Å²) >= 11 is 1.67. The maximum atomic E-state index is 11.8. The molecule has 2 aromatic rings. The van der Waals surface area contributed by atoms with Crippen LogP contribution in [-0.4, -0.2) is 18.0 Å². The molecule has 0 bridgehead atoms. The summed E-state index contributed by atoms with van der Waals surface area (Å²) in [6, 6.07) is 14.5. The van der Waals surface area contributed by atoms with Crippen molar-refractivity contribution in [2.45, 2.75) is 18.2 Å². The second kappa shape index (κ2) is 8.34. The molecule has 4 heteroatoms.